The number of aliphatic hydroxyl groups is 1. The minimum atomic E-state index is -0.702. The van der Waals surface area contributed by atoms with E-state index in [1.807, 2.05) is 18.2 Å². The first-order valence-electron chi connectivity index (χ1n) is 8.30. The normalized spacial score (nSPS) is 16.1. The average Bonchev–Trinajstić information content (AvgIpc) is 2.98. The zero-order chi connectivity index (χ0) is 16.7. The average molecular weight is 318 g/mol. The lowest BCUT2D eigenvalue weighted by Crippen LogP contribution is -2.42. The predicted octanol–water partition coefficient (Wildman–Crippen LogP) is 1.96. The molecule has 0 bridgehead atoms. The molecule has 0 heterocycles. The Morgan fingerprint density at radius 2 is 1.87 bits per heavy atom. The third-order valence-electron chi connectivity index (χ3n) is 4.38. The van der Waals surface area contributed by atoms with Gasteiger partial charge < -0.3 is 15.3 Å². The van der Waals surface area contributed by atoms with Crippen molar-refractivity contribution in [2.45, 2.75) is 44.1 Å². The van der Waals surface area contributed by atoms with E-state index in [-0.39, 0.29) is 11.8 Å². The van der Waals surface area contributed by atoms with Gasteiger partial charge >= 0.3 is 0 Å². The summed E-state index contributed by atoms with van der Waals surface area (Å²) >= 11 is 0. The van der Waals surface area contributed by atoms with Crippen LogP contribution in [-0.4, -0.2) is 47.6 Å². The maximum absolute atomic E-state index is 12.1. The topological polar surface area (TPSA) is 69.6 Å². The second-order valence-corrected chi connectivity index (χ2v) is 6.41. The summed E-state index contributed by atoms with van der Waals surface area (Å²) in [6.07, 6.45) is 4.59. The Balaban J connectivity index is 1.65. The molecule has 0 aliphatic heterocycles. The Morgan fingerprint density at radius 3 is 2.52 bits per heavy atom. The second-order valence-electron chi connectivity index (χ2n) is 6.41. The molecule has 1 aromatic carbocycles. The lowest BCUT2D eigenvalue weighted by molar-refractivity contribution is -0.133. The molecule has 1 aliphatic carbocycles. The van der Waals surface area contributed by atoms with E-state index in [0.29, 0.717) is 31.5 Å². The van der Waals surface area contributed by atoms with Crippen LogP contribution in [0.3, 0.4) is 0 Å². The van der Waals surface area contributed by atoms with Gasteiger partial charge in [-0.3, -0.25) is 9.59 Å². The van der Waals surface area contributed by atoms with Gasteiger partial charge in [0.2, 0.25) is 5.91 Å². The number of benzene rings is 1. The van der Waals surface area contributed by atoms with Gasteiger partial charge in [0, 0.05) is 32.1 Å². The first-order chi connectivity index (χ1) is 11.0. The summed E-state index contributed by atoms with van der Waals surface area (Å²) in [6, 6.07) is 9.03. The highest BCUT2D eigenvalue weighted by Crippen LogP contribution is 2.29. The third-order valence-corrected chi connectivity index (χ3v) is 4.38. The van der Waals surface area contributed by atoms with Gasteiger partial charge in [-0.25, -0.2) is 0 Å². The van der Waals surface area contributed by atoms with E-state index in [4.69, 9.17) is 0 Å². The Bertz CT molecular complexity index is 524. The van der Waals surface area contributed by atoms with Crippen molar-refractivity contribution in [3.8, 4) is 0 Å². The molecule has 0 unspecified atom stereocenters. The fraction of sp³-hybridized carbons (Fsp3) is 0.556. The summed E-state index contributed by atoms with van der Waals surface area (Å²) in [7, 11) is 1.74. The first kappa shape index (κ1) is 17.5. The minimum Gasteiger partial charge on any atom is -0.388 e. The van der Waals surface area contributed by atoms with E-state index in [2.05, 4.69) is 5.32 Å². The molecule has 1 aromatic rings. The first-order valence-corrected chi connectivity index (χ1v) is 8.30. The maximum Gasteiger partial charge on any atom is 0.251 e. The molecule has 126 valence electrons. The van der Waals surface area contributed by atoms with E-state index in [1.165, 1.54) is 0 Å². The van der Waals surface area contributed by atoms with E-state index in [0.717, 1.165) is 25.7 Å². The lowest BCUT2D eigenvalue weighted by atomic mass is 10.0. The van der Waals surface area contributed by atoms with Crippen LogP contribution in [0.15, 0.2) is 30.3 Å². The second kappa shape index (κ2) is 8.11. The Morgan fingerprint density at radius 1 is 1.22 bits per heavy atom. The van der Waals surface area contributed by atoms with Crippen LogP contribution in [0.2, 0.25) is 0 Å². The minimum absolute atomic E-state index is 0.0132. The molecule has 0 aromatic heterocycles. The fourth-order valence-corrected chi connectivity index (χ4v) is 3.04. The van der Waals surface area contributed by atoms with Gasteiger partial charge in [0.25, 0.3) is 5.91 Å². The molecule has 23 heavy (non-hydrogen) atoms. The summed E-state index contributed by atoms with van der Waals surface area (Å²) in [4.78, 5) is 25.6. The molecule has 2 N–H and O–H groups in total. The van der Waals surface area contributed by atoms with Crippen LogP contribution in [0.4, 0.5) is 0 Å². The molecule has 0 saturated heterocycles. The van der Waals surface area contributed by atoms with Gasteiger partial charge in [-0.1, -0.05) is 31.0 Å². The molecule has 5 nitrogen and oxygen atoms in total. The number of nitrogens with zero attached hydrogens (tertiary/aromatic N) is 1. The molecule has 1 fully saturated rings. The highest BCUT2D eigenvalue weighted by molar-refractivity contribution is 5.94. The quantitative estimate of drug-likeness (QED) is 0.755. The van der Waals surface area contributed by atoms with Crippen LogP contribution in [0.1, 0.15) is 48.9 Å². The molecule has 1 aliphatic rings. The molecule has 5 heteroatoms. The van der Waals surface area contributed by atoms with Crippen molar-refractivity contribution in [2.75, 3.05) is 20.1 Å². The standard InChI is InChI=1S/C18H26N2O3/c1-20(14-18(23)11-5-6-12-18)16(21)10-7-13-19-17(22)15-8-3-2-4-9-15/h2-4,8-9,23H,5-7,10-14H2,1H3,(H,19,22). The number of rotatable bonds is 7. The van der Waals surface area contributed by atoms with E-state index >= 15 is 0 Å². The summed E-state index contributed by atoms with van der Waals surface area (Å²) in [5.41, 5.74) is -0.0780. The van der Waals surface area contributed by atoms with E-state index in [1.54, 1.807) is 24.1 Å². The van der Waals surface area contributed by atoms with Gasteiger partial charge in [-0.2, -0.15) is 0 Å². The number of hydrogen-bond donors (Lipinski definition) is 2. The van der Waals surface area contributed by atoms with Crippen molar-refractivity contribution < 1.29 is 14.7 Å². The number of amides is 2. The zero-order valence-electron chi connectivity index (χ0n) is 13.8. The Labute approximate surface area is 137 Å². The van der Waals surface area contributed by atoms with Gasteiger partial charge in [-0.15, -0.1) is 0 Å². The monoisotopic (exact) mass is 318 g/mol. The van der Waals surface area contributed by atoms with Crippen molar-refractivity contribution in [1.29, 1.82) is 0 Å². The number of carbonyl (C=O) groups excluding carboxylic acids is 2. The number of nitrogens with one attached hydrogen (secondary N) is 1. The van der Waals surface area contributed by atoms with Crippen molar-refractivity contribution in [2.24, 2.45) is 0 Å². The van der Waals surface area contributed by atoms with Crippen LogP contribution in [0.5, 0.6) is 0 Å². The van der Waals surface area contributed by atoms with Crippen LogP contribution in [-0.2, 0) is 4.79 Å². The van der Waals surface area contributed by atoms with Gasteiger partial charge in [-0.05, 0) is 31.4 Å². The largest absolute Gasteiger partial charge is 0.388 e. The molecule has 0 atom stereocenters. The van der Waals surface area contributed by atoms with Crippen LogP contribution in [0.25, 0.3) is 0 Å². The van der Waals surface area contributed by atoms with Gasteiger partial charge in [0.15, 0.2) is 0 Å². The van der Waals surface area contributed by atoms with Crippen LogP contribution < -0.4 is 5.32 Å². The summed E-state index contributed by atoms with van der Waals surface area (Å²) < 4.78 is 0. The molecule has 0 spiro atoms. The molecular weight excluding hydrogens is 292 g/mol. The molecular formula is C18H26N2O3. The highest BCUT2D eigenvalue weighted by atomic mass is 16.3. The van der Waals surface area contributed by atoms with Gasteiger partial charge in [0.05, 0.1) is 5.60 Å². The number of carbonyl (C=O) groups is 2. The van der Waals surface area contributed by atoms with Gasteiger partial charge in [0.1, 0.15) is 0 Å². The molecule has 0 radical (unpaired) electrons. The van der Waals surface area contributed by atoms with Crippen molar-refractivity contribution >= 4 is 11.8 Å². The Kier molecular flexibility index (Phi) is 6.16. The summed E-state index contributed by atoms with van der Waals surface area (Å²) in [6.45, 7) is 0.875. The zero-order valence-corrected chi connectivity index (χ0v) is 13.8. The van der Waals surface area contributed by atoms with E-state index < -0.39 is 5.60 Å². The third kappa shape index (κ3) is 5.36. The van der Waals surface area contributed by atoms with Crippen LogP contribution >= 0.6 is 0 Å². The maximum atomic E-state index is 12.1. The van der Waals surface area contributed by atoms with Crippen LogP contribution in [0, 0.1) is 0 Å². The summed E-state index contributed by atoms with van der Waals surface area (Å²) in [5.74, 6) is -0.106. The molecule has 1 saturated carbocycles. The fourth-order valence-electron chi connectivity index (χ4n) is 3.04. The van der Waals surface area contributed by atoms with Crippen molar-refractivity contribution in [3.63, 3.8) is 0 Å². The number of likely N-dealkylation sites (N-methyl/N-ethyl adjacent to an activating group) is 1. The lowest BCUT2D eigenvalue weighted by Gasteiger charge is -2.28. The SMILES string of the molecule is CN(CC1(O)CCCC1)C(=O)CCCNC(=O)c1ccccc1. The van der Waals surface area contributed by atoms with Crippen molar-refractivity contribution in [1.82, 2.24) is 10.2 Å². The summed E-state index contributed by atoms with van der Waals surface area (Å²) in [5, 5.41) is 13.1. The number of hydrogen-bond acceptors (Lipinski definition) is 3. The smallest absolute Gasteiger partial charge is 0.251 e. The van der Waals surface area contributed by atoms with E-state index in [9.17, 15) is 14.7 Å². The molecule has 2 rings (SSSR count). The predicted molar refractivity (Wildman–Crippen MR) is 89.1 cm³/mol. The highest BCUT2D eigenvalue weighted by Gasteiger charge is 2.33. The Hall–Kier alpha value is -1.88. The molecule has 2 amide bonds. The van der Waals surface area contributed by atoms with Crippen molar-refractivity contribution in [3.05, 3.63) is 35.9 Å².